The molecule has 0 bridgehead atoms. The van der Waals surface area contributed by atoms with Crippen molar-refractivity contribution in [2.45, 2.75) is 31.0 Å². The summed E-state index contributed by atoms with van der Waals surface area (Å²) in [6.45, 7) is 2.53. The smallest absolute Gasteiger partial charge is 0.338 e. The van der Waals surface area contributed by atoms with Gasteiger partial charge in [0.25, 0.3) is 0 Å². The Morgan fingerprint density at radius 1 is 1.09 bits per heavy atom. The Hall–Kier alpha value is -4.54. The first-order valence-electron chi connectivity index (χ1n) is 13.9. The first kappa shape index (κ1) is 29.9. The van der Waals surface area contributed by atoms with Gasteiger partial charge in [-0.3, -0.25) is 4.90 Å². The molecule has 2 N–H and O–H groups in total. The maximum Gasteiger partial charge on any atom is 0.338 e. The van der Waals surface area contributed by atoms with Crippen LogP contribution < -0.4 is 15.5 Å². The van der Waals surface area contributed by atoms with Crippen LogP contribution in [0.4, 0.5) is 24.1 Å². The van der Waals surface area contributed by atoms with E-state index in [0.29, 0.717) is 24.7 Å². The van der Waals surface area contributed by atoms with Crippen molar-refractivity contribution in [2.24, 2.45) is 0 Å². The summed E-state index contributed by atoms with van der Waals surface area (Å²) in [6, 6.07) is 9.71. The lowest BCUT2D eigenvalue weighted by Crippen LogP contribution is -2.66. The van der Waals surface area contributed by atoms with Crippen molar-refractivity contribution in [3.8, 4) is 6.07 Å². The number of nitrogens with one attached hydrogen (secondary N) is 2. The van der Waals surface area contributed by atoms with Gasteiger partial charge in [-0.15, -0.1) is 0 Å². The van der Waals surface area contributed by atoms with Crippen LogP contribution >= 0.6 is 0 Å². The Labute approximate surface area is 247 Å². The molecular formula is C30H32F2N6O5. The highest BCUT2D eigenvalue weighted by Crippen LogP contribution is 2.36. The molecule has 2 aromatic carbocycles. The molecule has 226 valence electrons. The molecule has 0 spiro atoms. The third kappa shape index (κ3) is 6.02. The van der Waals surface area contributed by atoms with E-state index >= 15 is 0 Å². The fraction of sp³-hybridized carbons (Fsp3) is 0.400. The molecule has 2 aromatic rings. The number of hydrogen-bond donors (Lipinski definition) is 2. The number of ether oxygens (including phenoxy) is 2. The van der Waals surface area contributed by atoms with Crippen molar-refractivity contribution < 1.29 is 32.6 Å². The number of carbonyl (C=O) groups is 3. The monoisotopic (exact) mass is 594 g/mol. The third-order valence-corrected chi connectivity index (χ3v) is 8.09. The molecule has 4 amide bonds. The number of halogens is 2. The van der Waals surface area contributed by atoms with Crippen molar-refractivity contribution in [1.82, 2.24) is 20.4 Å². The largest absolute Gasteiger partial charge is 0.466 e. The number of hydrogen-bond acceptors (Lipinski definition) is 8. The minimum atomic E-state index is -1.39. The van der Waals surface area contributed by atoms with Gasteiger partial charge in [-0.05, 0) is 42.7 Å². The summed E-state index contributed by atoms with van der Waals surface area (Å²) in [5.41, 5.74) is 1.51. The first-order chi connectivity index (χ1) is 20.7. The molecule has 5 rings (SSSR count). The summed E-state index contributed by atoms with van der Waals surface area (Å²) in [7, 11) is 2.50. The average Bonchev–Trinajstić information content (AvgIpc) is 2.99. The lowest BCUT2D eigenvalue weighted by Gasteiger charge is -2.48. The molecule has 0 saturated carbocycles. The molecular weight excluding hydrogens is 562 g/mol. The number of carbonyl (C=O) groups excluding carboxylic acids is 3. The lowest BCUT2D eigenvalue weighted by molar-refractivity contribution is -0.137. The van der Waals surface area contributed by atoms with Crippen LogP contribution in [0, 0.1) is 23.0 Å². The predicted molar refractivity (Wildman–Crippen MR) is 151 cm³/mol. The number of piperidine rings is 1. The van der Waals surface area contributed by atoms with Crippen LogP contribution in [-0.4, -0.2) is 86.9 Å². The highest BCUT2D eigenvalue weighted by molar-refractivity contribution is 6.01. The van der Waals surface area contributed by atoms with Gasteiger partial charge in [-0.2, -0.15) is 5.26 Å². The summed E-state index contributed by atoms with van der Waals surface area (Å²) in [6.07, 6.45) is 1.78. The molecule has 0 aliphatic carbocycles. The SMILES string of the molecule is COCC1=C(C(=O)OC)C(c2ccc(F)c(F)c2)N(C(=O)NC2CN(C3CCN(c4ccccc4C#N)CC3)C2)C(=O)N1. The van der Waals surface area contributed by atoms with E-state index in [1.807, 2.05) is 24.3 Å². The van der Waals surface area contributed by atoms with Gasteiger partial charge in [0.1, 0.15) is 12.1 Å². The molecule has 3 aliphatic rings. The van der Waals surface area contributed by atoms with E-state index in [2.05, 4.69) is 26.5 Å². The number of para-hydroxylation sites is 1. The number of imide groups is 1. The second-order valence-corrected chi connectivity index (χ2v) is 10.6. The maximum absolute atomic E-state index is 14.3. The van der Waals surface area contributed by atoms with E-state index < -0.39 is 35.7 Å². The van der Waals surface area contributed by atoms with E-state index in [1.54, 1.807) is 0 Å². The molecule has 11 nitrogen and oxygen atoms in total. The van der Waals surface area contributed by atoms with E-state index in [9.17, 15) is 28.4 Å². The van der Waals surface area contributed by atoms with Crippen molar-refractivity contribution >= 4 is 23.7 Å². The Morgan fingerprint density at radius 2 is 1.81 bits per heavy atom. The number of rotatable bonds is 7. The predicted octanol–water partition coefficient (Wildman–Crippen LogP) is 3.04. The van der Waals surface area contributed by atoms with Gasteiger partial charge in [-0.1, -0.05) is 18.2 Å². The van der Waals surface area contributed by atoms with Crippen molar-refractivity contribution in [3.05, 3.63) is 76.5 Å². The van der Waals surface area contributed by atoms with Gasteiger partial charge in [0.15, 0.2) is 11.6 Å². The van der Waals surface area contributed by atoms with Crippen molar-refractivity contribution in [2.75, 3.05) is 51.9 Å². The zero-order chi connectivity index (χ0) is 30.7. The summed E-state index contributed by atoms with van der Waals surface area (Å²) in [5, 5.41) is 14.8. The van der Waals surface area contributed by atoms with E-state index in [1.165, 1.54) is 13.2 Å². The Bertz CT molecular complexity index is 1480. The molecule has 13 heteroatoms. The van der Waals surface area contributed by atoms with Gasteiger partial charge in [-0.25, -0.2) is 28.1 Å². The third-order valence-electron chi connectivity index (χ3n) is 8.09. The topological polar surface area (TPSA) is 127 Å². The first-order valence-corrected chi connectivity index (χ1v) is 13.9. The number of methoxy groups -OCH3 is 2. The maximum atomic E-state index is 14.3. The minimum absolute atomic E-state index is 0.0119. The van der Waals surface area contributed by atoms with Crippen LogP contribution in [0.15, 0.2) is 53.7 Å². The number of likely N-dealkylation sites (tertiary alicyclic amines) is 1. The van der Waals surface area contributed by atoms with E-state index in [-0.39, 0.29) is 29.5 Å². The zero-order valence-electron chi connectivity index (χ0n) is 23.8. The number of urea groups is 2. The standard InChI is InChI=1S/C30H32F2N6O5/c1-42-17-24-26(28(39)43-2)27(18-7-8-22(31)23(32)13-18)38(30(41)35-24)29(40)34-20-15-37(16-20)21-9-11-36(12-10-21)25-6-4-3-5-19(25)14-33/h3-8,13,20-21,27H,9-12,15-17H2,1-2H3,(H,34,40)(H,35,41). The summed E-state index contributed by atoms with van der Waals surface area (Å²) in [4.78, 5) is 44.9. The lowest BCUT2D eigenvalue weighted by atomic mass is 9.93. The summed E-state index contributed by atoms with van der Waals surface area (Å²) >= 11 is 0. The zero-order valence-corrected chi connectivity index (χ0v) is 23.8. The quantitative estimate of drug-likeness (QED) is 0.469. The van der Waals surface area contributed by atoms with E-state index in [4.69, 9.17) is 9.47 Å². The van der Waals surface area contributed by atoms with Crippen LogP contribution in [0.25, 0.3) is 0 Å². The van der Waals surface area contributed by atoms with Crippen LogP contribution in [0.1, 0.15) is 30.0 Å². The highest BCUT2D eigenvalue weighted by atomic mass is 19.2. The molecule has 0 radical (unpaired) electrons. The van der Waals surface area contributed by atoms with Crippen LogP contribution in [0.5, 0.6) is 0 Å². The second-order valence-electron chi connectivity index (χ2n) is 10.6. The van der Waals surface area contributed by atoms with Crippen molar-refractivity contribution in [1.29, 1.82) is 5.26 Å². The molecule has 3 heterocycles. The van der Waals surface area contributed by atoms with Crippen molar-refractivity contribution in [3.63, 3.8) is 0 Å². The molecule has 2 fully saturated rings. The van der Waals surface area contributed by atoms with Crippen LogP contribution in [0.3, 0.4) is 0 Å². The summed E-state index contributed by atoms with van der Waals surface area (Å²) in [5.74, 6) is -3.17. The number of nitrogens with zero attached hydrogens (tertiary/aromatic N) is 4. The fourth-order valence-corrected chi connectivity index (χ4v) is 5.94. The number of amides is 4. The molecule has 3 aliphatic heterocycles. The van der Waals surface area contributed by atoms with Gasteiger partial charge < -0.3 is 25.0 Å². The fourth-order valence-electron chi connectivity index (χ4n) is 5.94. The molecule has 43 heavy (non-hydrogen) atoms. The Morgan fingerprint density at radius 3 is 2.47 bits per heavy atom. The summed E-state index contributed by atoms with van der Waals surface area (Å²) < 4.78 is 38.1. The normalized spacial score (nSPS) is 19.9. The van der Waals surface area contributed by atoms with E-state index in [0.717, 1.165) is 55.8 Å². The minimum Gasteiger partial charge on any atom is -0.466 e. The molecule has 1 atom stereocenters. The molecule has 0 aromatic heterocycles. The van der Waals surface area contributed by atoms with Gasteiger partial charge in [0.05, 0.1) is 42.3 Å². The van der Waals surface area contributed by atoms with Gasteiger partial charge >= 0.3 is 18.0 Å². The Balaban J connectivity index is 1.27. The number of anilines is 1. The average molecular weight is 595 g/mol. The van der Waals surface area contributed by atoms with Crippen LogP contribution in [0.2, 0.25) is 0 Å². The van der Waals surface area contributed by atoms with Gasteiger partial charge in [0.2, 0.25) is 0 Å². The van der Waals surface area contributed by atoms with Crippen LogP contribution in [-0.2, 0) is 14.3 Å². The number of nitriles is 1. The molecule has 2 saturated heterocycles. The van der Waals surface area contributed by atoms with Gasteiger partial charge in [0, 0.05) is 39.3 Å². The number of benzene rings is 2. The molecule has 1 unspecified atom stereocenters. The number of esters is 1. The Kier molecular flexibility index (Phi) is 8.89. The highest BCUT2D eigenvalue weighted by Gasteiger charge is 2.45. The second kappa shape index (κ2) is 12.8.